The van der Waals surface area contributed by atoms with Gasteiger partial charge in [0.25, 0.3) is 0 Å². The summed E-state index contributed by atoms with van der Waals surface area (Å²) in [7, 11) is 0. The summed E-state index contributed by atoms with van der Waals surface area (Å²) < 4.78 is 5.41. The first-order valence-electron chi connectivity index (χ1n) is 9.20. The molecule has 1 aromatic carbocycles. The van der Waals surface area contributed by atoms with Crippen LogP contribution in [0, 0.1) is 0 Å². The van der Waals surface area contributed by atoms with E-state index in [0.29, 0.717) is 5.69 Å². The number of ether oxygens (including phenoxy) is 1. The zero-order valence-electron chi connectivity index (χ0n) is 15.4. The number of amides is 2. The molecular formula is C21H22N4O2S. The second kappa shape index (κ2) is 8.52. The molecule has 7 heteroatoms. The fourth-order valence-corrected chi connectivity index (χ4v) is 4.33. The van der Waals surface area contributed by atoms with Crippen LogP contribution < -0.4 is 11.1 Å². The number of urea groups is 1. The maximum atomic E-state index is 11.4. The van der Waals surface area contributed by atoms with Gasteiger partial charge in [0, 0.05) is 30.7 Å². The predicted molar refractivity (Wildman–Crippen MR) is 112 cm³/mol. The highest BCUT2D eigenvalue weighted by Crippen LogP contribution is 2.40. The predicted octanol–water partition coefficient (Wildman–Crippen LogP) is 3.80. The van der Waals surface area contributed by atoms with E-state index in [1.54, 1.807) is 17.5 Å². The molecule has 3 aromatic rings. The van der Waals surface area contributed by atoms with E-state index in [-0.39, 0.29) is 0 Å². The van der Waals surface area contributed by atoms with Gasteiger partial charge >= 0.3 is 6.03 Å². The molecule has 2 amide bonds. The molecule has 0 saturated carbocycles. The third-order valence-corrected chi connectivity index (χ3v) is 5.84. The smallest absolute Gasteiger partial charge is 0.316 e. The molecule has 1 aliphatic rings. The number of nitrogens with two attached hydrogens (primary N) is 1. The number of carbonyl (C=O) groups is 1. The van der Waals surface area contributed by atoms with Crippen molar-refractivity contribution in [2.45, 2.75) is 6.54 Å². The minimum absolute atomic E-state index is 0.581. The van der Waals surface area contributed by atoms with Crippen LogP contribution in [0.4, 0.5) is 10.5 Å². The van der Waals surface area contributed by atoms with Crippen molar-refractivity contribution in [3.05, 3.63) is 60.3 Å². The van der Waals surface area contributed by atoms with E-state index in [4.69, 9.17) is 10.5 Å². The van der Waals surface area contributed by atoms with Crippen LogP contribution in [0.2, 0.25) is 0 Å². The summed E-state index contributed by atoms with van der Waals surface area (Å²) in [6.45, 7) is 4.49. The molecule has 3 heterocycles. The summed E-state index contributed by atoms with van der Waals surface area (Å²) in [6.07, 6.45) is 1.74. The van der Waals surface area contributed by atoms with Crippen molar-refractivity contribution < 1.29 is 9.53 Å². The van der Waals surface area contributed by atoms with E-state index >= 15 is 0 Å². The van der Waals surface area contributed by atoms with Crippen molar-refractivity contribution in [2.75, 3.05) is 31.6 Å². The number of carbonyl (C=O) groups excluding carboxylic acids is 1. The lowest BCUT2D eigenvalue weighted by Gasteiger charge is -2.26. The summed E-state index contributed by atoms with van der Waals surface area (Å²) in [5, 5.41) is 2.72. The number of anilines is 1. The van der Waals surface area contributed by atoms with Crippen LogP contribution in [0.15, 0.2) is 54.7 Å². The average Bonchev–Trinajstić information content (AvgIpc) is 3.13. The molecule has 0 bridgehead atoms. The van der Waals surface area contributed by atoms with Crippen molar-refractivity contribution in [3.8, 4) is 21.0 Å². The molecule has 6 nitrogen and oxygen atoms in total. The molecule has 0 unspecified atom stereocenters. The second-order valence-corrected chi connectivity index (χ2v) is 7.70. The fraction of sp³-hybridized carbons (Fsp3) is 0.238. The number of nitrogens with zero attached hydrogens (tertiary/aromatic N) is 2. The number of morpholine rings is 1. The molecule has 4 rings (SSSR count). The first-order valence-corrected chi connectivity index (χ1v) is 10.0. The van der Waals surface area contributed by atoms with Gasteiger partial charge in [-0.05, 0) is 29.3 Å². The number of aromatic nitrogens is 1. The molecule has 28 heavy (non-hydrogen) atoms. The SMILES string of the molecule is NC(=O)Nc1cc(-c2ccc(CN3CCOCC3)cc2)sc1-c1ccccn1. The Labute approximate surface area is 168 Å². The highest BCUT2D eigenvalue weighted by Gasteiger charge is 2.15. The van der Waals surface area contributed by atoms with E-state index in [9.17, 15) is 4.79 Å². The van der Waals surface area contributed by atoms with Gasteiger partial charge in [-0.2, -0.15) is 0 Å². The lowest BCUT2D eigenvalue weighted by Crippen LogP contribution is -2.35. The van der Waals surface area contributed by atoms with Crippen LogP contribution >= 0.6 is 11.3 Å². The standard InChI is InChI=1S/C21H22N4O2S/c22-21(26)24-18-13-19(28-20(18)17-3-1-2-8-23-17)16-6-4-15(5-7-16)14-25-9-11-27-12-10-25/h1-8,13H,9-12,14H2,(H3,22,24,26). The van der Waals surface area contributed by atoms with E-state index < -0.39 is 6.03 Å². The number of benzene rings is 1. The van der Waals surface area contributed by atoms with Crippen molar-refractivity contribution in [1.82, 2.24) is 9.88 Å². The van der Waals surface area contributed by atoms with Gasteiger partial charge in [0.1, 0.15) is 0 Å². The molecule has 0 aliphatic carbocycles. The number of rotatable bonds is 5. The van der Waals surface area contributed by atoms with Gasteiger partial charge < -0.3 is 15.8 Å². The minimum Gasteiger partial charge on any atom is -0.379 e. The molecule has 1 fully saturated rings. The third kappa shape index (κ3) is 4.39. The highest BCUT2D eigenvalue weighted by atomic mass is 32.1. The summed E-state index contributed by atoms with van der Waals surface area (Å²) in [5.41, 5.74) is 9.23. The van der Waals surface area contributed by atoms with Crippen molar-refractivity contribution in [1.29, 1.82) is 0 Å². The fourth-order valence-electron chi connectivity index (χ4n) is 3.24. The quantitative estimate of drug-likeness (QED) is 0.690. The normalized spacial score (nSPS) is 14.7. The molecule has 0 spiro atoms. The minimum atomic E-state index is -0.581. The Hall–Kier alpha value is -2.74. The summed E-state index contributed by atoms with van der Waals surface area (Å²) in [6, 6.07) is 15.7. The average molecular weight is 394 g/mol. The van der Waals surface area contributed by atoms with Gasteiger partial charge in [-0.1, -0.05) is 30.3 Å². The van der Waals surface area contributed by atoms with Crippen LogP contribution in [0.5, 0.6) is 0 Å². The van der Waals surface area contributed by atoms with Gasteiger partial charge in [0.15, 0.2) is 0 Å². The molecule has 1 saturated heterocycles. The van der Waals surface area contributed by atoms with Crippen LogP contribution in [0.3, 0.4) is 0 Å². The van der Waals surface area contributed by atoms with Crippen molar-refractivity contribution in [3.63, 3.8) is 0 Å². The molecule has 0 atom stereocenters. The Balaban J connectivity index is 1.58. The number of pyridine rings is 1. The summed E-state index contributed by atoms with van der Waals surface area (Å²) in [4.78, 5) is 20.2. The first-order chi connectivity index (χ1) is 13.7. The van der Waals surface area contributed by atoms with E-state index in [0.717, 1.165) is 53.9 Å². The maximum absolute atomic E-state index is 11.4. The van der Waals surface area contributed by atoms with Gasteiger partial charge in [0.05, 0.1) is 29.5 Å². The number of hydrogen-bond donors (Lipinski definition) is 2. The highest BCUT2D eigenvalue weighted by molar-refractivity contribution is 7.19. The van der Waals surface area contributed by atoms with Crippen LogP contribution in [-0.4, -0.2) is 42.2 Å². The molecule has 0 radical (unpaired) electrons. The second-order valence-electron chi connectivity index (χ2n) is 6.64. The first kappa shape index (κ1) is 18.6. The monoisotopic (exact) mass is 394 g/mol. The van der Waals surface area contributed by atoms with Gasteiger partial charge in [-0.25, -0.2) is 4.79 Å². The number of hydrogen-bond acceptors (Lipinski definition) is 5. The number of nitrogens with one attached hydrogen (secondary N) is 1. The Kier molecular flexibility index (Phi) is 5.66. The topological polar surface area (TPSA) is 80.5 Å². The van der Waals surface area contributed by atoms with Gasteiger partial charge in [-0.3, -0.25) is 9.88 Å². The van der Waals surface area contributed by atoms with Crippen LogP contribution in [-0.2, 0) is 11.3 Å². The molecule has 2 aromatic heterocycles. The Morgan fingerprint density at radius 1 is 1.18 bits per heavy atom. The van der Waals surface area contributed by atoms with Crippen LogP contribution in [0.25, 0.3) is 21.0 Å². The van der Waals surface area contributed by atoms with Gasteiger partial charge in [0.2, 0.25) is 0 Å². The Bertz CT molecular complexity index is 935. The van der Waals surface area contributed by atoms with Crippen LogP contribution in [0.1, 0.15) is 5.56 Å². The van der Waals surface area contributed by atoms with Crippen molar-refractivity contribution >= 4 is 23.1 Å². The van der Waals surface area contributed by atoms with E-state index in [1.807, 2.05) is 24.3 Å². The van der Waals surface area contributed by atoms with E-state index in [2.05, 4.69) is 39.5 Å². The Morgan fingerprint density at radius 2 is 1.96 bits per heavy atom. The lowest BCUT2D eigenvalue weighted by atomic mass is 10.1. The molecular weight excluding hydrogens is 372 g/mol. The summed E-state index contributed by atoms with van der Waals surface area (Å²) >= 11 is 1.59. The number of thiophene rings is 1. The largest absolute Gasteiger partial charge is 0.379 e. The molecule has 3 N–H and O–H groups in total. The number of primary amides is 1. The van der Waals surface area contributed by atoms with Crippen molar-refractivity contribution in [2.24, 2.45) is 5.73 Å². The van der Waals surface area contributed by atoms with Gasteiger partial charge in [-0.15, -0.1) is 11.3 Å². The maximum Gasteiger partial charge on any atom is 0.316 e. The zero-order chi connectivity index (χ0) is 19.3. The zero-order valence-corrected chi connectivity index (χ0v) is 16.2. The lowest BCUT2D eigenvalue weighted by molar-refractivity contribution is 0.0342. The Morgan fingerprint density at radius 3 is 2.64 bits per heavy atom. The molecule has 144 valence electrons. The van der Waals surface area contributed by atoms with E-state index in [1.165, 1.54) is 5.56 Å². The molecule has 1 aliphatic heterocycles. The third-order valence-electron chi connectivity index (χ3n) is 4.64. The summed E-state index contributed by atoms with van der Waals surface area (Å²) in [5.74, 6) is 0.